The summed E-state index contributed by atoms with van der Waals surface area (Å²) >= 11 is 1.57. The molecule has 0 radical (unpaired) electrons. The van der Waals surface area contributed by atoms with Gasteiger partial charge >= 0.3 is 0 Å². The van der Waals surface area contributed by atoms with E-state index in [-0.39, 0.29) is 11.3 Å². The highest BCUT2D eigenvalue weighted by molar-refractivity contribution is 7.11. The fourth-order valence-corrected chi connectivity index (χ4v) is 2.49. The first-order chi connectivity index (χ1) is 9.63. The Morgan fingerprint density at radius 3 is 2.90 bits per heavy atom. The fraction of sp³-hybridized carbons (Fsp3) is 0.231. The summed E-state index contributed by atoms with van der Waals surface area (Å²) in [6, 6.07) is 4.34. The van der Waals surface area contributed by atoms with E-state index in [2.05, 4.69) is 10.3 Å². The second-order valence-electron chi connectivity index (χ2n) is 4.08. The lowest BCUT2D eigenvalue weighted by atomic mass is 10.2. The smallest absolute Gasteiger partial charge is 0.293 e. The number of nitro groups is 1. The van der Waals surface area contributed by atoms with Crippen molar-refractivity contribution in [3.8, 4) is 0 Å². The largest absolute Gasteiger partial charge is 0.373 e. The number of aromatic nitrogens is 1. The number of nitrogens with zero attached hydrogens (tertiary/aromatic N) is 2. The number of rotatable bonds is 6. The maximum absolute atomic E-state index is 11.0. The Morgan fingerprint density at radius 2 is 2.30 bits per heavy atom. The van der Waals surface area contributed by atoms with Gasteiger partial charge in [-0.2, -0.15) is 0 Å². The molecular formula is C13H13N3O3S. The highest BCUT2D eigenvalue weighted by atomic mass is 32.1. The van der Waals surface area contributed by atoms with E-state index in [0.29, 0.717) is 18.5 Å². The Balaban J connectivity index is 2.16. The molecule has 1 aromatic carbocycles. The van der Waals surface area contributed by atoms with Crippen LogP contribution in [0, 0.1) is 10.1 Å². The van der Waals surface area contributed by atoms with Crippen LogP contribution in [0.25, 0.3) is 0 Å². The van der Waals surface area contributed by atoms with Crippen LogP contribution >= 0.6 is 11.3 Å². The highest BCUT2D eigenvalue weighted by Gasteiger charge is 2.14. The molecule has 0 aliphatic heterocycles. The minimum Gasteiger partial charge on any atom is -0.373 e. The molecular weight excluding hydrogens is 278 g/mol. The Bertz CT molecular complexity index is 640. The van der Waals surface area contributed by atoms with E-state index in [4.69, 9.17) is 0 Å². The average Bonchev–Trinajstić information content (AvgIpc) is 2.92. The lowest BCUT2D eigenvalue weighted by molar-refractivity contribution is -0.384. The number of carbonyl (C=O) groups is 1. The first-order valence-electron chi connectivity index (χ1n) is 6.05. The van der Waals surface area contributed by atoms with Crippen LogP contribution in [0.2, 0.25) is 0 Å². The van der Waals surface area contributed by atoms with Crippen molar-refractivity contribution in [3.05, 3.63) is 50.0 Å². The summed E-state index contributed by atoms with van der Waals surface area (Å²) in [6.07, 6.45) is 3.32. The standard InChI is InChI=1S/C13H13N3O3S/c1-2-10-6-15-13(20-10)7-14-11-4-3-9(8-17)5-12(11)16(18)19/h3-6,8,14H,2,7H2,1H3. The predicted octanol–water partition coefficient (Wildman–Crippen LogP) is 3.04. The molecule has 1 N–H and O–H groups in total. The fourth-order valence-electron chi connectivity index (χ4n) is 1.69. The van der Waals surface area contributed by atoms with Gasteiger partial charge < -0.3 is 5.32 Å². The predicted molar refractivity (Wildman–Crippen MR) is 77.3 cm³/mol. The van der Waals surface area contributed by atoms with Gasteiger partial charge in [0.25, 0.3) is 5.69 Å². The summed E-state index contributed by atoms with van der Waals surface area (Å²) < 4.78 is 0. The number of hydrogen-bond donors (Lipinski definition) is 1. The van der Waals surface area contributed by atoms with E-state index >= 15 is 0 Å². The molecule has 7 heteroatoms. The monoisotopic (exact) mass is 291 g/mol. The van der Waals surface area contributed by atoms with Gasteiger partial charge in [0, 0.05) is 22.7 Å². The minimum atomic E-state index is -0.505. The molecule has 20 heavy (non-hydrogen) atoms. The second-order valence-corrected chi connectivity index (χ2v) is 5.28. The molecule has 0 saturated heterocycles. The zero-order chi connectivity index (χ0) is 14.5. The summed E-state index contributed by atoms with van der Waals surface area (Å²) in [5, 5.41) is 14.8. The number of aldehydes is 1. The number of nitrogens with one attached hydrogen (secondary N) is 1. The maximum Gasteiger partial charge on any atom is 0.293 e. The number of nitro benzene ring substituents is 1. The summed E-state index contributed by atoms with van der Waals surface area (Å²) in [5.74, 6) is 0. The molecule has 2 rings (SSSR count). The lowest BCUT2D eigenvalue weighted by Crippen LogP contribution is -2.02. The van der Waals surface area contributed by atoms with Crippen molar-refractivity contribution in [3.63, 3.8) is 0 Å². The number of hydrogen-bond acceptors (Lipinski definition) is 6. The van der Waals surface area contributed by atoms with Gasteiger partial charge in [-0.1, -0.05) is 6.92 Å². The van der Waals surface area contributed by atoms with Crippen LogP contribution < -0.4 is 5.32 Å². The molecule has 0 unspecified atom stereocenters. The molecule has 0 atom stereocenters. The minimum absolute atomic E-state index is 0.109. The van der Waals surface area contributed by atoms with Crippen LogP contribution in [0.3, 0.4) is 0 Å². The Kier molecular flexibility index (Phi) is 4.41. The molecule has 104 valence electrons. The zero-order valence-corrected chi connectivity index (χ0v) is 11.6. The summed E-state index contributed by atoms with van der Waals surface area (Å²) in [7, 11) is 0. The molecule has 0 saturated carbocycles. The molecule has 2 aromatic rings. The molecule has 6 nitrogen and oxygen atoms in total. The number of benzene rings is 1. The van der Waals surface area contributed by atoms with E-state index in [9.17, 15) is 14.9 Å². The first-order valence-corrected chi connectivity index (χ1v) is 6.86. The summed E-state index contributed by atoms with van der Waals surface area (Å²) in [4.78, 5) is 26.6. The Labute approximate surface area is 119 Å². The molecule has 0 spiro atoms. The van der Waals surface area contributed by atoms with Crippen molar-refractivity contribution in [1.29, 1.82) is 0 Å². The highest BCUT2D eigenvalue weighted by Crippen LogP contribution is 2.26. The second kappa shape index (κ2) is 6.25. The molecule has 1 heterocycles. The maximum atomic E-state index is 11.0. The van der Waals surface area contributed by atoms with Gasteiger partial charge in [0.2, 0.25) is 0 Å². The van der Waals surface area contributed by atoms with E-state index in [1.165, 1.54) is 17.0 Å². The number of thiazole rings is 1. The van der Waals surface area contributed by atoms with E-state index in [1.807, 2.05) is 13.1 Å². The van der Waals surface area contributed by atoms with Crippen molar-refractivity contribution in [1.82, 2.24) is 4.98 Å². The topological polar surface area (TPSA) is 85.1 Å². The molecule has 0 aliphatic rings. The van der Waals surface area contributed by atoms with Crippen molar-refractivity contribution >= 4 is 29.0 Å². The van der Waals surface area contributed by atoms with Crippen molar-refractivity contribution in [2.75, 3.05) is 5.32 Å². The van der Waals surface area contributed by atoms with Crippen molar-refractivity contribution in [2.45, 2.75) is 19.9 Å². The van der Waals surface area contributed by atoms with Crippen molar-refractivity contribution in [2.24, 2.45) is 0 Å². The van der Waals surface area contributed by atoms with Gasteiger partial charge in [0.05, 0.1) is 11.5 Å². The average molecular weight is 291 g/mol. The third-order valence-electron chi connectivity index (χ3n) is 2.73. The quantitative estimate of drug-likeness (QED) is 0.502. The van der Waals surface area contributed by atoms with Crippen LogP contribution in [-0.2, 0) is 13.0 Å². The molecule has 0 fully saturated rings. The third kappa shape index (κ3) is 3.18. The van der Waals surface area contributed by atoms with Crippen LogP contribution in [0.15, 0.2) is 24.4 Å². The lowest BCUT2D eigenvalue weighted by Gasteiger charge is -2.05. The van der Waals surface area contributed by atoms with Gasteiger partial charge in [-0.15, -0.1) is 11.3 Å². The van der Waals surface area contributed by atoms with Crippen LogP contribution in [-0.4, -0.2) is 16.2 Å². The van der Waals surface area contributed by atoms with E-state index in [0.717, 1.165) is 11.4 Å². The molecule has 0 bridgehead atoms. The third-order valence-corrected chi connectivity index (χ3v) is 3.88. The van der Waals surface area contributed by atoms with E-state index < -0.39 is 4.92 Å². The van der Waals surface area contributed by atoms with Gasteiger partial charge in [-0.3, -0.25) is 14.9 Å². The number of aryl methyl sites for hydroxylation is 1. The summed E-state index contributed by atoms with van der Waals surface area (Å²) in [6.45, 7) is 2.47. The molecule has 0 aliphatic carbocycles. The van der Waals surface area contributed by atoms with Gasteiger partial charge in [0.1, 0.15) is 17.0 Å². The van der Waals surface area contributed by atoms with E-state index in [1.54, 1.807) is 17.4 Å². The molecule has 1 aromatic heterocycles. The zero-order valence-electron chi connectivity index (χ0n) is 10.8. The Hall–Kier alpha value is -2.28. The normalized spacial score (nSPS) is 10.2. The van der Waals surface area contributed by atoms with Crippen LogP contribution in [0.1, 0.15) is 27.2 Å². The van der Waals surface area contributed by atoms with Gasteiger partial charge in [-0.05, 0) is 18.6 Å². The molecule has 0 amide bonds. The number of anilines is 1. The number of carbonyl (C=O) groups excluding carboxylic acids is 1. The van der Waals surface area contributed by atoms with Crippen LogP contribution in [0.4, 0.5) is 11.4 Å². The van der Waals surface area contributed by atoms with Crippen LogP contribution in [0.5, 0.6) is 0 Å². The SMILES string of the molecule is CCc1cnc(CNc2ccc(C=O)cc2[N+](=O)[O-])s1. The van der Waals surface area contributed by atoms with Gasteiger partial charge in [-0.25, -0.2) is 4.98 Å². The first kappa shape index (κ1) is 14.1. The summed E-state index contributed by atoms with van der Waals surface area (Å²) in [5.41, 5.74) is 0.556. The Morgan fingerprint density at radius 1 is 1.50 bits per heavy atom. The van der Waals surface area contributed by atoms with Gasteiger partial charge in [0.15, 0.2) is 0 Å². The van der Waals surface area contributed by atoms with Crippen molar-refractivity contribution < 1.29 is 9.72 Å².